The lowest BCUT2D eigenvalue weighted by Crippen LogP contribution is -2.56. The lowest BCUT2D eigenvalue weighted by Gasteiger charge is -2.38. The van der Waals surface area contributed by atoms with Crippen LogP contribution in [0.2, 0.25) is 0 Å². The molecule has 4 heteroatoms. The molecule has 1 aliphatic heterocycles. The Bertz CT molecular complexity index is 433. The zero-order valence-corrected chi connectivity index (χ0v) is 13.6. The first-order valence-electron chi connectivity index (χ1n) is 7.58. The minimum atomic E-state index is 0.610. The average Bonchev–Trinajstić information content (AvgIpc) is 3.28. The van der Waals surface area contributed by atoms with Gasteiger partial charge in [-0.2, -0.15) is 0 Å². The summed E-state index contributed by atoms with van der Waals surface area (Å²) in [5.41, 5.74) is 0. The molecule has 0 aromatic heterocycles. The number of halogens is 1. The van der Waals surface area contributed by atoms with Gasteiger partial charge in [0.2, 0.25) is 0 Å². The largest absolute Gasteiger partial charge is 0.492 e. The number of nitrogens with one attached hydrogen (secondary N) is 1. The molecule has 0 bridgehead atoms. The summed E-state index contributed by atoms with van der Waals surface area (Å²) in [6.45, 7) is 6.37. The van der Waals surface area contributed by atoms with Crippen molar-refractivity contribution in [3.8, 4) is 5.75 Å². The maximum atomic E-state index is 5.84. The molecule has 0 spiro atoms. The fourth-order valence-electron chi connectivity index (χ4n) is 2.89. The van der Waals surface area contributed by atoms with Gasteiger partial charge in [0.15, 0.2) is 0 Å². The number of piperazine rings is 1. The summed E-state index contributed by atoms with van der Waals surface area (Å²) in [4.78, 5) is 2.57. The molecular formula is C16H23BrN2O. The molecule has 2 fully saturated rings. The second kappa shape index (κ2) is 6.46. The molecule has 2 aliphatic rings. The van der Waals surface area contributed by atoms with E-state index in [0.717, 1.165) is 35.8 Å². The average molecular weight is 339 g/mol. The molecule has 0 radical (unpaired) electrons. The highest BCUT2D eigenvalue weighted by atomic mass is 79.9. The van der Waals surface area contributed by atoms with Gasteiger partial charge in [0.05, 0.1) is 0 Å². The van der Waals surface area contributed by atoms with Crippen LogP contribution in [0, 0.1) is 5.92 Å². The van der Waals surface area contributed by atoms with Crippen LogP contribution in [0.3, 0.4) is 0 Å². The van der Waals surface area contributed by atoms with Crippen molar-refractivity contribution in [2.24, 2.45) is 5.92 Å². The SMILES string of the molecule is CC1CNC(C2CC2)CN1CCOc1ccc(Br)cc1. The van der Waals surface area contributed by atoms with E-state index in [4.69, 9.17) is 4.74 Å². The Balaban J connectivity index is 1.45. The predicted octanol–water partition coefficient (Wildman–Crippen LogP) is 2.90. The number of ether oxygens (including phenoxy) is 1. The summed E-state index contributed by atoms with van der Waals surface area (Å²) in [7, 11) is 0. The highest BCUT2D eigenvalue weighted by Crippen LogP contribution is 2.34. The van der Waals surface area contributed by atoms with Gasteiger partial charge in [0.25, 0.3) is 0 Å². The Morgan fingerprint density at radius 2 is 2.05 bits per heavy atom. The van der Waals surface area contributed by atoms with Crippen molar-refractivity contribution in [2.45, 2.75) is 31.8 Å². The molecule has 3 rings (SSSR count). The van der Waals surface area contributed by atoms with E-state index in [1.807, 2.05) is 24.3 Å². The van der Waals surface area contributed by atoms with Crippen molar-refractivity contribution in [3.05, 3.63) is 28.7 Å². The van der Waals surface area contributed by atoms with E-state index in [0.29, 0.717) is 12.1 Å². The van der Waals surface area contributed by atoms with Crippen LogP contribution in [-0.4, -0.2) is 43.2 Å². The van der Waals surface area contributed by atoms with Gasteiger partial charge in [-0.25, -0.2) is 0 Å². The number of hydrogen-bond acceptors (Lipinski definition) is 3. The van der Waals surface area contributed by atoms with Crippen molar-refractivity contribution in [3.63, 3.8) is 0 Å². The lowest BCUT2D eigenvalue weighted by atomic mass is 10.1. The highest BCUT2D eigenvalue weighted by molar-refractivity contribution is 9.10. The van der Waals surface area contributed by atoms with Gasteiger partial charge in [-0.3, -0.25) is 4.90 Å². The van der Waals surface area contributed by atoms with Crippen molar-refractivity contribution < 1.29 is 4.74 Å². The molecule has 1 aromatic carbocycles. The summed E-state index contributed by atoms with van der Waals surface area (Å²) in [6.07, 6.45) is 2.82. The molecule has 1 heterocycles. The molecule has 110 valence electrons. The molecule has 2 unspecified atom stereocenters. The third kappa shape index (κ3) is 3.74. The zero-order valence-electron chi connectivity index (χ0n) is 12.0. The quantitative estimate of drug-likeness (QED) is 0.893. The van der Waals surface area contributed by atoms with E-state index in [1.54, 1.807) is 0 Å². The molecule has 1 saturated heterocycles. The van der Waals surface area contributed by atoms with Crippen LogP contribution in [0.25, 0.3) is 0 Å². The monoisotopic (exact) mass is 338 g/mol. The Kier molecular flexibility index (Phi) is 4.64. The lowest BCUT2D eigenvalue weighted by molar-refractivity contribution is 0.112. The van der Waals surface area contributed by atoms with Crippen LogP contribution in [0.5, 0.6) is 5.75 Å². The van der Waals surface area contributed by atoms with Crippen molar-refractivity contribution in [2.75, 3.05) is 26.2 Å². The molecule has 3 nitrogen and oxygen atoms in total. The molecule has 2 atom stereocenters. The third-order valence-electron chi connectivity index (χ3n) is 4.38. The van der Waals surface area contributed by atoms with E-state index in [9.17, 15) is 0 Å². The molecule has 20 heavy (non-hydrogen) atoms. The van der Waals surface area contributed by atoms with Gasteiger partial charge in [0, 0.05) is 36.2 Å². The first-order chi connectivity index (χ1) is 9.72. The third-order valence-corrected chi connectivity index (χ3v) is 4.91. The Morgan fingerprint density at radius 3 is 2.75 bits per heavy atom. The maximum Gasteiger partial charge on any atom is 0.119 e. The van der Waals surface area contributed by atoms with E-state index >= 15 is 0 Å². The summed E-state index contributed by atoms with van der Waals surface area (Å²) in [5, 5.41) is 3.69. The van der Waals surface area contributed by atoms with Crippen LogP contribution >= 0.6 is 15.9 Å². The molecule has 1 N–H and O–H groups in total. The Labute approximate surface area is 129 Å². The van der Waals surface area contributed by atoms with Gasteiger partial charge >= 0.3 is 0 Å². The smallest absolute Gasteiger partial charge is 0.119 e. The molecule has 1 aliphatic carbocycles. The first kappa shape index (κ1) is 14.4. The van der Waals surface area contributed by atoms with Crippen LogP contribution in [0.15, 0.2) is 28.7 Å². The van der Waals surface area contributed by atoms with E-state index in [1.165, 1.54) is 19.4 Å². The Morgan fingerprint density at radius 1 is 1.30 bits per heavy atom. The maximum absolute atomic E-state index is 5.84. The fraction of sp³-hybridized carbons (Fsp3) is 0.625. The minimum Gasteiger partial charge on any atom is -0.492 e. The predicted molar refractivity (Wildman–Crippen MR) is 85.2 cm³/mol. The van der Waals surface area contributed by atoms with Crippen LogP contribution in [-0.2, 0) is 0 Å². The van der Waals surface area contributed by atoms with Crippen molar-refractivity contribution in [1.82, 2.24) is 10.2 Å². The second-order valence-corrected chi connectivity index (χ2v) is 6.91. The van der Waals surface area contributed by atoms with Crippen LogP contribution in [0.1, 0.15) is 19.8 Å². The highest BCUT2D eigenvalue weighted by Gasteiger charge is 2.35. The minimum absolute atomic E-state index is 0.610. The topological polar surface area (TPSA) is 24.5 Å². The van der Waals surface area contributed by atoms with Crippen LogP contribution in [0.4, 0.5) is 0 Å². The second-order valence-electron chi connectivity index (χ2n) is 6.00. The van der Waals surface area contributed by atoms with E-state index in [-0.39, 0.29) is 0 Å². The molecular weight excluding hydrogens is 316 g/mol. The molecule has 1 saturated carbocycles. The van der Waals surface area contributed by atoms with E-state index in [2.05, 4.69) is 33.1 Å². The number of rotatable bonds is 5. The van der Waals surface area contributed by atoms with Gasteiger partial charge in [-0.15, -0.1) is 0 Å². The van der Waals surface area contributed by atoms with Crippen molar-refractivity contribution in [1.29, 1.82) is 0 Å². The summed E-state index contributed by atoms with van der Waals surface area (Å²) >= 11 is 3.44. The summed E-state index contributed by atoms with van der Waals surface area (Å²) in [5.74, 6) is 1.88. The standard InChI is InChI=1S/C16H23BrN2O/c1-12-10-18-16(13-2-3-13)11-19(12)8-9-20-15-6-4-14(17)5-7-15/h4-7,12-13,16,18H,2-3,8-11H2,1H3. The van der Waals surface area contributed by atoms with Gasteiger partial charge in [-0.1, -0.05) is 15.9 Å². The molecule has 0 amide bonds. The first-order valence-corrected chi connectivity index (χ1v) is 8.37. The van der Waals surface area contributed by atoms with E-state index < -0.39 is 0 Å². The normalized spacial score (nSPS) is 27.5. The van der Waals surface area contributed by atoms with Gasteiger partial charge in [-0.05, 0) is 49.9 Å². The number of hydrogen-bond donors (Lipinski definition) is 1. The Hall–Kier alpha value is -0.580. The van der Waals surface area contributed by atoms with Crippen molar-refractivity contribution >= 4 is 15.9 Å². The summed E-state index contributed by atoms with van der Waals surface area (Å²) < 4.78 is 6.93. The zero-order chi connectivity index (χ0) is 13.9. The van der Waals surface area contributed by atoms with Gasteiger partial charge < -0.3 is 10.1 Å². The number of benzene rings is 1. The molecule has 1 aromatic rings. The number of nitrogens with zero attached hydrogens (tertiary/aromatic N) is 1. The van der Waals surface area contributed by atoms with Crippen LogP contribution < -0.4 is 10.1 Å². The summed E-state index contributed by atoms with van der Waals surface area (Å²) in [6, 6.07) is 9.38. The fourth-order valence-corrected chi connectivity index (χ4v) is 3.15. The van der Waals surface area contributed by atoms with Gasteiger partial charge in [0.1, 0.15) is 12.4 Å².